The van der Waals surface area contributed by atoms with Crippen molar-refractivity contribution in [2.24, 2.45) is 0 Å². The second-order valence-corrected chi connectivity index (χ2v) is 4.63. The van der Waals surface area contributed by atoms with Crippen molar-refractivity contribution in [3.8, 4) is 0 Å². The van der Waals surface area contributed by atoms with E-state index in [0.29, 0.717) is 5.82 Å². The summed E-state index contributed by atoms with van der Waals surface area (Å²) in [6.07, 6.45) is -0.0594. The number of ether oxygens (including phenoxy) is 1. The third kappa shape index (κ3) is 2.04. The number of epoxide rings is 1. The average molecular weight is 277 g/mol. The molecule has 20 heavy (non-hydrogen) atoms. The Morgan fingerprint density at radius 1 is 1.50 bits per heavy atom. The number of nitrogens with one attached hydrogen (secondary N) is 2. The largest absolute Gasteiger partial charge is 0.384 e. The van der Waals surface area contributed by atoms with Crippen LogP contribution in [0.3, 0.4) is 0 Å². The molecule has 3 unspecified atom stereocenters. The molecule has 1 aromatic rings. The van der Waals surface area contributed by atoms with Gasteiger partial charge in [-0.25, -0.2) is 4.98 Å². The Morgan fingerprint density at radius 3 is 2.95 bits per heavy atom. The smallest absolute Gasteiger partial charge is 0.263 e. The number of aryl methyl sites for hydroxylation is 1. The van der Waals surface area contributed by atoms with Crippen LogP contribution in [0.1, 0.15) is 16.2 Å². The zero-order valence-electron chi connectivity index (χ0n) is 10.4. The summed E-state index contributed by atoms with van der Waals surface area (Å²) in [5, 5.41) is 12.2. The first-order valence-electron chi connectivity index (χ1n) is 5.93. The molecule has 0 spiro atoms. The van der Waals surface area contributed by atoms with Crippen molar-refractivity contribution in [3.63, 3.8) is 0 Å². The lowest BCUT2D eigenvalue weighted by molar-refractivity contribution is -0.116. The first kappa shape index (κ1) is 12.7. The van der Waals surface area contributed by atoms with Crippen LogP contribution in [0.15, 0.2) is 22.8 Å². The van der Waals surface area contributed by atoms with Crippen LogP contribution in [-0.2, 0) is 9.53 Å². The molecule has 8 heteroatoms. The maximum atomic E-state index is 11.9. The van der Waals surface area contributed by atoms with E-state index in [1.54, 1.807) is 6.92 Å². The van der Waals surface area contributed by atoms with E-state index in [-0.39, 0.29) is 17.0 Å². The van der Waals surface area contributed by atoms with Crippen molar-refractivity contribution < 1.29 is 19.4 Å². The Balaban J connectivity index is 1.82. The third-order valence-electron chi connectivity index (χ3n) is 3.16. The lowest BCUT2D eigenvalue weighted by Crippen LogP contribution is -2.39. The van der Waals surface area contributed by atoms with Crippen LogP contribution in [0, 0.1) is 6.92 Å². The Hall–Kier alpha value is -2.32. The molecule has 1 amide bonds. The second kappa shape index (κ2) is 4.36. The fraction of sp³-hybridized carbons (Fsp3) is 0.333. The molecule has 3 rings (SSSR count). The number of hydrogen-bond donors (Lipinski definition) is 3. The van der Waals surface area contributed by atoms with Gasteiger partial charge in [0.2, 0.25) is 0 Å². The maximum Gasteiger partial charge on any atom is 0.263 e. The predicted octanol–water partition coefficient (Wildman–Crippen LogP) is -1.60. The second-order valence-electron chi connectivity index (χ2n) is 4.63. The molecule has 3 N–H and O–H groups in total. The first-order chi connectivity index (χ1) is 9.47. The highest BCUT2D eigenvalue weighted by atomic mass is 16.6. The van der Waals surface area contributed by atoms with Crippen LogP contribution in [0.25, 0.3) is 0 Å². The van der Waals surface area contributed by atoms with Gasteiger partial charge in [0.1, 0.15) is 29.7 Å². The highest BCUT2D eigenvalue weighted by Crippen LogP contribution is 2.33. The number of aliphatic hydroxyl groups excluding tert-OH is 1. The molecule has 0 aromatic carbocycles. The number of fused-ring (bicyclic) bond motifs is 1. The van der Waals surface area contributed by atoms with Crippen LogP contribution < -0.4 is 10.9 Å². The number of H-pyrrole nitrogens is 1. The van der Waals surface area contributed by atoms with Gasteiger partial charge in [-0.1, -0.05) is 0 Å². The lowest BCUT2D eigenvalue weighted by atomic mass is 10.0. The minimum Gasteiger partial charge on any atom is -0.384 e. The Kier molecular flexibility index (Phi) is 2.77. The molecule has 0 radical (unpaired) electrons. The van der Waals surface area contributed by atoms with E-state index < -0.39 is 29.8 Å². The van der Waals surface area contributed by atoms with Crippen molar-refractivity contribution in [2.75, 3.05) is 0 Å². The molecule has 104 valence electrons. The highest BCUT2D eigenvalue weighted by Gasteiger charge is 2.53. The van der Waals surface area contributed by atoms with Crippen LogP contribution in [0.5, 0.6) is 0 Å². The Morgan fingerprint density at radius 2 is 2.25 bits per heavy atom. The van der Waals surface area contributed by atoms with Gasteiger partial charge in [-0.15, -0.1) is 0 Å². The van der Waals surface area contributed by atoms with Crippen molar-refractivity contribution in [2.45, 2.75) is 25.2 Å². The monoisotopic (exact) mass is 277 g/mol. The van der Waals surface area contributed by atoms with Crippen molar-refractivity contribution in [3.05, 3.63) is 39.7 Å². The molecule has 8 nitrogen and oxygen atoms in total. The number of carbonyl (C=O) groups excluding carboxylic acids is 2. The maximum absolute atomic E-state index is 11.9. The van der Waals surface area contributed by atoms with Crippen LogP contribution in [0.4, 0.5) is 0 Å². The van der Waals surface area contributed by atoms with Gasteiger partial charge in [0.05, 0.1) is 5.70 Å². The summed E-state index contributed by atoms with van der Waals surface area (Å²) < 4.78 is 4.98. The normalized spacial score (nSPS) is 27.6. The number of aromatic nitrogens is 2. The molecular weight excluding hydrogens is 266 g/mol. The summed E-state index contributed by atoms with van der Waals surface area (Å²) in [4.78, 5) is 41.2. The molecule has 2 aliphatic rings. The molecular formula is C12H11N3O5. The van der Waals surface area contributed by atoms with Crippen LogP contribution >= 0.6 is 0 Å². The fourth-order valence-corrected chi connectivity index (χ4v) is 2.04. The van der Waals surface area contributed by atoms with E-state index in [2.05, 4.69) is 15.3 Å². The standard InChI is InChI=1S/C12H11N3O5/c1-4-13-3-5(11(18)14-4)12(19)15-6-2-7(16)9-10(20-9)8(6)17/h2-3,8-10,17H,1H3,(H,15,19)(H,13,14,18). The van der Waals surface area contributed by atoms with Gasteiger partial charge in [0, 0.05) is 12.3 Å². The molecule has 1 saturated heterocycles. The van der Waals surface area contributed by atoms with Gasteiger partial charge >= 0.3 is 0 Å². The fourth-order valence-electron chi connectivity index (χ4n) is 2.04. The summed E-state index contributed by atoms with van der Waals surface area (Å²) in [5.74, 6) is -0.671. The molecule has 0 saturated carbocycles. The first-order valence-corrected chi connectivity index (χ1v) is 5.93. The molecule has 0 bridgehead atoms. The topological polar surface area (TPSA) is 125 Å². The van der Waals surface area contributed by atoms with Gasteiger partial charge in [0.25, 0.3) is 11.5 Å². The van der Waals surface area contributed by atoms with Crippen LogP contribution in [0.2, 0.25) is 0 Å². The number of rotatable bonds is 2. The summed E-state index contributed by atoms with van der Waals surface area (Å²) in [6.45, 7) is 1.58. The molecule has 2 heterocycles. The molecule has 1 aliphatic heterocycles. The highest BCUT2D eigenvalue weighted by molar-refractivity contribution is 6.00. The van der Waals surface area contributed by atoms with E-state index in [9.17, 15) is 19.5 Å². The van der Waals surface area contributed by atoms with Gasteiger partial charge < -0.3 is 20.1 Å². The molecule has 3 atom stereocenters. The number of hydrogen-bond acceptors (Lipinski definition) is 6. The van der Waals surface area contributed by atoms with E-state index in [1.807, 2.05) is 0 Å². The number of aliphatic hydroxyl groups is 1. The SMILES string of the molecule is Cc1ncc(C(=O)NC2=CC(=O)C3OC3C2O)c(=O)[nH]1. The summed E-state index contributed by atoms with van der Waals surface area (Å²) in [7, 11) is 0. The van der Waals surface area contributed by atoms with Gasteiger partial charge in [-0.05, 0) is 6.92 Å². The number of ketones is 1. The van der Waals surface area contributed by atoms with Crippen molar-refractivity contribution in [1.82, 2.24) is 15.3 Å². The average Bonchev–Trinajstić information content (AvgIpc) is 3.16. The van der Waals surface area contributed by atoms with Crippen molar-refractivity contribution >= 4 is 11.7 Å². The lowest BCUT2D eigenvalue weighted by Gasteiger charge is -2.16. The zero-order valence-corrected chi connectivity index (χ0v) is 10.4. The molecule has 1 fully saturated rings. The van der Waals surface area contributed by atoms with E-state index in [1.165, 1.54) is 0 Å². The molecule has 1 aromatic heterocycles. The number of carbonyl (C=O) groups is 2. The van der Waals surface area contributed by atoms with Crippen LogP contribution in [-0.4, -0.2) is 45.1 Å². The Bertz CT molecular complexity index is 693. The van der Waals surface area contributed by atoms with Gasteiger partial charge in [-0.3, -0.25) is 14.4 Å². The van der Waals surface area contributed by atoms with E-state index in [0.717, 1.165) is 12.3 Å². The quantitative estimate of drug-likeness (QED) is 0.559. The molecule has 1 aliphatic carbocycles. The van der Waals surface area contributed by atoms with E-state index >= 15 is 0 Å². The van der Waals surface area contributed by atoms with Gasteiger partial charge in [-0.2, -0.15) is 0 Å². The van der Waals surface area contributed by atoms with Crippen molar-refractivity contribution in [1.29, 1.82) is 0 Å². The zero-order chi connectivity index (χ0) is 14.4. The minimum atomic E-state index is -1.08. The number of nitrogens with zero attached hydrogens (tertiary/aromatic N) is 1. The summed E-state index contributed by atoms with van der Waals surface area (Å²) in [5.41, 5.74) is -0.763. The Labute approximate surface area is 112 Å². The number of amides is 1. The predicted molar refractivity (Wildman–Crippen MR) is 64.8 cm³/mol. The number of aromatic amines is 1. The summed E-state index contributed by atoms with van der Waals surface area (Å²) in [6, 6.07) is 0. The van der Waals surface area contributed by atoms with E-state index in [4.69, 9.17) is 4.74 Å². The third-order valence-corrected chi connectivity index (χ3v) is 3.16. The van der Waals surface area contributed by atoms with Gasteiger partial charge in [0.15, 0.2) is 5.78 Å². The summed E-state index contributed by atoms with van der Waals surface area (Å²) >= 11 is 0. The minimum absolute atomic E-state index is 0.0266.